The molecule has 1 atom stereocenters. The van der Waals surface area contributed by atoms with E-state index in [4.69, 9.17) is 9.47 Å². The molecule has 2 amide bonds. The molecule has 0 N–H and O–H groups in total. The SMILES string of the molecule is COc1ccc([C@H]2CC(=O)N(CC(=O)N3CCCC3)c3ccccc3S2(=O)=O)cc1OC. The van der Waals surface area contributed by atoms with Crippen LogP contribution >= 0.6 is 0 Å². The Kier molecular flexibility index (Phi) is 6.10. The third-order valence-corrected chi connectivity index (χ3v) is 8.18. The van der Waals surface area contributed by atoms with Crippen LogP contribution < -0.4 is 14.4 Å². The van der Waals surface area contributed by atoms with Crippen molar-refractivity contribution in [3.63, 3.8) is 0 Å². The summed E-state index contributed by atoms with van der Waals surface area (Å²) < 4.78 is 37.9. The van der Waals surface area contributed by atoms with Crippen molar-refractivity contribution >= 4 is 27.3 Å². The third-order valence-electron chi connectivity index (χ3n) is 6.03. The van der Waals surface area contributed by atoms with Gasteiger partial charge in [0.05, 0.1) is 30.1 Å². The molecular weight excluding hydrogens is 432 g/mol. The van der Waals surface area contributed by atoms with Gasteiger partial charge in [0.25, 0.3) is 0 Å². The van der Waals surface area contributed by atoms with Gasteiger partial charge < -0.3 is 19.3 Å². The fourth-order valence-corrected chi connectivity index (χ4v) is 6.22. The first kappa shape index (κ1) is 22.1. The van der Waals surface area contributed by atoms with Gasteiger partial charge in [-0.05, 0) is 42.7 Å². The molecule has 0 saturated carbocycles. The molecule has 1 saturated heterocycles. The van der Waals surface area contributed by atoms with E-state index in [-0.39, 0.29) is 29.5 Å². The van der Waals surface area contributed by atoms with Crippen LogP contribution in [0.1, 0.15) is 30.1 Å². The number of hydrogen-bond donors (Lipinski definition) is 0. The summed E-state index contributed by atoms with van der Waals surface area (Å²) in [5.41, 5.74) is 0.673. The van der Waals surface area contributed by atoms with E-state index in [0.717, 1.165) is 12.8 Å². The maximum absolute atomic E-state index is 13.7. The highest BCUT2D eigenvalue weighted by Gasteiger charge is 2.40. The zero-order chi connectivity index (χ0) is 22.9. The van der Waals surface area contributed by atoms with E-state index in [2.05, 4.69) is 0 Å². The number of nitrogens with zero attached hydrogens (tertiary/aromatic N) is 2. The molecule has 2 aliphatic heterocycles. The number of para-hydroxylation sites is 1. The number of carbonyl (C=O) groups is 2. The number of benzene rings is 2. The molecule has 0 radical (unpaired) electrons. The molecule has 2 aliphatic rings. The van der Waals surface area contributed by atoms with Crippen LogP contribution in [0, 0.1) is 0 Å². The fourth-order valence-electron chi connectivity index (χ4n) is 4.31. The monoisotopic (exact) mass is 458 g/mol. The predicted octanol–water partition coefficient (Wildman–Crippen LogP) is 2.58. The normalized spacial score (nSPS) is 19.9. The van der Waals surface area contributed by atoms with Crippen LogP contribution in [-0.2, 0) is 19.4 Å². The largest absolute Gasteiger partial charge is 0.493 e. The van der Waals surface area contributed by atoms with Crippen molar-refractivity contribution in [3.8, 4) is 11.5 Å². The number of fused-ring (bicyclic) bond motifs is 1. The van der Waals surface area contributed by atoms with Gasteiger partial charge in [0.2, 0.25) is 11.8 Å². The number of likely N-dealkylation sites (tertiary alicyclic amines) is 1. The summed E-state index contributed by atoms with van der Waals surface area (Å²) in [5.74, 6) is 0.261. The lowest BCUT2D eigenvalue weighted by Gasteiger charge is -2.24. The zero-order valence-electron chi connectivity index (χ0n) is 18.1. The summed E-state index contributed by atoms with van der Waals surface area (Å²) >= 11 is 0. The van der Waals surface area contributed by atoms with Crippen LogP contribution in [0.25, 0.3) is 0 Å². The Hall–Kier alpha value is -3.07. The van der Waals surface area contributed by atoms with Crippen molar-refractivity contribution in [2.45, 2.75) is 29.4 Å². The fraction of sp³-hybridized carbons (Fsp3) is 0.391. The molecule has 2 aromatic rings. The highest BCUT2D eigenvalue weighted by atomic mass is 32.2. The highest BCUT2D eigenvalue weighted by molar-refractivity contribution is 7.92. The van der Waals surface area contributed by atoms with E-state index < -0.39 is 21.0 Å². The van der Waals surface area contributed by atoms with E-state index in [9.17, 15) is 18.0 Å². The minimum atomic E-state index is -3.92. The van der Waals surface area contributed by atoms with Gasteiger partial charge in [-0.1, -0.05) is 18.2 Å². The lowest BCUT2D eigenvalue weighted by Crippen LogP contribution is -2.42. The first-order valence-electron chi connectivity index (χ1n) is 10.5. The maximum atomic E-state index is 13.7. The van der Waals surface area contributed by atoms with Crippen LogP contribution in [-0.4, -0.2) is 59.0 Å². The molecule has 0 unspecified atom stereocenters. The average Bonchev–Trinajstić information content (AvgIpc) is 3.33. The van der Waals surface area contributed by atoms with Gasteiger partial charge in [0, 0.05) is 19.5 Å². The molecule has 0 aromatic heterocycles. The van der Waals surface area contributed by atoms with Gasteiger partial charge in [-0.25, -0.2) is 8.42 Å². The van der Waals surface area contributed by atoms with E-state index in [1.807, 2.05) is 0 Å². The number of anilines is 1. The third kappa shape index (κ3) is 3.92. The number of rotatable bonds is 5. The first-order chi connectivity index (χ1) is 15.4. The van der Waals surface area contributed by atoms with Crippen molar-refractivity contribution in [3.05, 3.63) is 48.0 Å². The lowest BCUT2D eigenvalue weighted by molar-refractivity contribution is -0.130. The van der Waals surface area contributed by atoms with Crippen LogP contribution in [0.5, 0.6) is 11.5 Å². The Labute approximate surface area is 187 Å². The van der Waals surface area contributed by atoms with Crippen molar-refractivity contribution in [1.82, 2.24) is 4.90 Å². The molecule has 8 nitrogen and oxygen atoms in total. The van der Waals surface area contributed by atoms with Gasteiger partial charge >= 0.3 is 0 Å². The Morgan fingerprint density at radius 2 is 1.72 bits per heavy atom. The molecule has 32 heavy (non-hydrogen) atoms. The first-order valence-corrected chi connectivity index (χ1v) is 12.0. The van der Waals surface area contributed by atoms with Gasteiger partial charge in [-0.2, -0.15) is 0 Å². The van der Waals surface area contributed by atoms with E-state index in [1.165, 1.54) is 25.2 Å². The second kappa shape index (κ2) is 8.82. The van der Waals surface area contributed by atoms with Gasteiger partial charge in [-0.3, -0.25) is 9.59 Å². The van der Waals surface area contributed by atoms with Crippen LogP contribution in [0.2, 0.25) is 0 Å². The van der Waals surface area contributed by atoms with E-state index >= 15 is 0 Å². The van der Waals surface area contributed by atoms with Crippen molar-refractivity contribution in [1.29, 1.82) is 0 Å². The molecule has 0 spiro atoms. The van der Waals surface area contributed by atoms with Crippen LogP contribution in [0.3, 0.4) is 0 Å². The lowest BCUT2D eigenvalue weighted by atomic mass is 10.1. The van der Waals surface area contributed by atoms with Gasteiger partial charge in [0.1, 0.15) is 6.54 Å². The zero-order valence-corrected chi connectivity index (χ0v) is 18.9. The van der Waals surface area contributed by atoms with Gasteiger partial charge in [0.15, 0.2) is 21.3 Å². The molecule has 2 heterocycles. The molecule has 2 aromatic carbocycles. The Bertz CT molecular complexity index is 1140. The second-order valence-electron chi connectivity index (χ2n) is 7.89. The summed E-state index contributed by atoms with van der Waals surface area (Å²) in [6, 6.07) is 11.2. The van der Waals surface area contributed by atoms with Crippen molar-refractivity contribution in [2.75, 3.05) is 38.8 Å². The Morgan fingerprint density at radius 3 is 2.41 bits per heavy atom. The number of amides is 2. The number of sulfone groups is 1. The second-order valence-corrected chi connectivity index (χ2v) is 9.99. The molecule has 0 aliphatic carbocycles. The average molecular weight is 459 g/mol. The van der Waals surface area contributed by atoms with Crippen LogP contribution in [0.4, 0.5) is 5.69 Å². The van der Waals surface area contributed by atoms with Crippen LogP contribution in [0.15, 0.2) is 47.4 Å². The molecular formula is C23H26N2O6S. The summed E-state index contributed by atoms with van der Waals surface area (Å²) in [5, 5.41) is -1.11. The minimum absolute atomic E-state index is 0.0415. The Balaban J connectivity index is 1.76. The molecule has 170 valence electrons. The van der Waals surface area contributed by atoms with Crippen molar-refractivity contribution in [2.24, 2.45) is 0 Å². The summed E-state index contributed by atoms with van der Waals surface area (Å²) in [6.45, 7) is 1.15. The topological polar surface area (TPSA) is 93.2 Å². The number of methoxy groups -OCH3 is 2. The number of ether oxygens (including phenoxy) is 2. The molecule has 1 fully saturated rings. The number of carbonyl (C=O) groups excluding carboxylic acids is 2. The maximum Gasteiger partial charge on any atom is 0.242 e. The molecule has 4 rings (SSSR count). The standard InChI is InChI=1S/C23H26N2O6S/c1-30-18-10-9-16(13-19(18)31-2)21-14-22(26)25(15-23(27)24-11-5-6-12-24)17-7-3-4-8-20(17)32(21,28)29/h3-4,7-10,13,21H,5-6,11-12,14-15H2,1-2H3/t21-/m1/s1. The summed E-state index contributed by atoms with van der Waals surface area (Å²) in [4.78, 5) is 29.2. The molecule has 9 heteroatoms. The number of hydrogen-bond acceptors (Lipinski definition) is 6. The Morgan fingerprint density at radius 1 is 1.03 bits per heavy atom. The predicted molar refractivity (Wildman–Crippen MR) is 119 cm³/mol. The van der Waals surface area contributed by atoms with E-state index in [0.29, 0.717) is 30.2 Å². The minimum Gasteiger partial charge on any atom is -0.493 e. The highest BCUT2D eigenvalue weighted by Crippen LogP contribution is 2.42. The van der Waals surface area contributed by atoms with Gasteiger partial charge in [-0.15, -0.1) is 0 Å². The summed E-state index contributed by atoms with van der Waals surface area (Å²) in [7, 11) is -0.959. The van der Waals surface area contributed by atoms with Crippen molar-refractivity contribution < 1.29 is 27.5 Å². The molecule has 0 bridgehead atoms. The quantitative estimate of drug-likeness (QED) is 0.684. The van der Waals surface area contributed by atoms with E-state index in [1.54, 1.807) is 41.3 Å². The smallest absolute Gasteiger partial charge is 0.242 e. The summed E-state index contributed by atoms with van der Waals surface area (Å²) in [6.07, 6.45) is 1.60.